The van der Waals surface area contributed by atoms with Crippen molar-refractivity contribution in [2.75, 3.05) is 13.2 Å². The zero-order chi connectivity index (χ0) is 24.9. The lowest BCUT2D eigenvalue weighted by atomic mass is 9.85. The van der Waals surface area contributed by atoms with Crippen molar-refractivity contribution >= 4 is 6.41 Å². The van der Waals surface area contributed by atoms with Crippen LogP contribution in [-0.4, -0.2) is 40.1 Å². The Balaban J connectivity index is 2.11. The first kappa shape index (κ1) is 25.5. The summed E-state index contributed by atoms with van der Waals surface area (Å²) in [6.45, 7) is 5.81. The molecule has 0 fully saturated rings. The zero-order valence-electron chi connectivity index (χ0n) is 19.7. The fourth-order valence-corrected chi connectivity index (χ4v) is 4.06. The number of hydrogen-bond acceptors (Lipinski definition) is 3. The van der Waals surface area contributed by atoms with Crippen LogP contribution < -0.4 is 5.73 Å². The molecule has 0 bridgehead atoms. The quantitative estimate of drug-likeness (QED) is 0.417. The number of carbonyl (C=O) groups excluding carboxylic acids is 1. The van der Waals surface area contributed by atoms with Crippen molar-refractivity contribution < 1.29 is 18.0 Å². The number of benzene rings is 2. The second-order valence-corrected chi connectivity index (χ2v) is 9.57. The summed E-state index contributed by atoms with van der Waals surface area (Å²) in [6, 6.07) is 11.2. The highest BCUT2D eigenvalue weighted by atomic mass is 19.1. The number of aromatic nitrogens is 2. The van der Waals surface area contributed by atoms with Crippen molar-refractivity contribution in [3.8, 4) is 11.3 Å². The number of imidazole rings is 1. The maximum absolute atomic E-state index is 13.9. The Morgan fingerprint density at radius 2 is 1.79 bits per heavy atom. The molecule has 0 saturated carbocycles. The van der Waals surface area contributed by atoms with Gasteiger partial charge in [-0.1, -0.05) is 45.0 Å². The van der Waals surface area contributed by atoms with Crippen molar-refractivity contribution in [1.82, 2.24) is 14.5 Å². The number of carbonyl (C=O) groups is 1. The monoisotopic (exact) mass is 472 g/mol. The minimum absolute atomic E-state index is 0.249. The van der Waals surface area contributed by atoms with Gasteiger partial charge in [0.15, 0.2) is 0 Å². The van der Waals surface area contributed by atoms with Crippen LogP contribution in [0, 0.1) is 17.0 Å². The molecular weight excluding hydrogens is 441 g/mol. The molecule has 0 aliphatic heterocycles. The van der Waals surface area contributed by atoms with Gasteiger partial charge in [0, 0.05) is 30.9 Å². The van der Waals surface area contributed by atoms with E-state index in [-0.39, 0.29) is 18.2 Å². The van der Waals surface area contributed by atoms with Gasteiger partial charge in [0.25, 0.3) is 0 Å². The van der Waals surface area contributed by atoms with E-state index >= 15 is 0 Å². The fourth-order valence-electron chi connectivity index (χ4n) is 4.06. The largest absolute Gasteiger partial charge is 0.334 e. The Bertz CT molecular complexity index is 1110. The van der Waals surface area contributed by atoms with Gasteiger partial charge in [-0.25, -0.2) is 18.2 Å². The van der Waals surface area contributed by atoms with Gasteiger partial charge in [0.2, 0.25) is 6.41 Å². The van der Waals surface area contributed by atoms with E-state index in [1.54, 1.807) is 35.4 Å². The van der Waals surface area contributed by atoms with Gasteiger partial charge in [-0.05, 0) is 41.7 Å². The molecule has 2 atom stereocenters. The predicted molar refractivity (Wildman–Crippen MR) is 127 cm³/mol. The number of rotatable bonds is 10. The van der Waals surface area contributed by atoms with Gasteiger partial charge in [-0.3, -0.25) is 4.79 Å². The Morgan fingerprint density at radius 3 is 2.38 bits per heavy atom. The molecule has 182 valence electrons. The molecule has 0 saturated heterocycles. The summed E-state index contributed by atoms with van der Waals surface area (Å²) in [6.07, 6.45) is 2.80. The molecule has 0 spiro atoms. The lowest BCUT2D eigenvalue weighted by molar-refractivity contribution is -0.123. The average molecular weight is 473 g/mol. The third kappa shape index (κ3) is 6.26. The van der Waals surface area contributed by atoms with Crippen LogP contribution in [0.4, 0.5) is 13.2 Å². The van der Waals surface area contributed by atoms with E-state index in [9.17, 15) is 18.0 Å². The second-order valence-electron chi connectivity index (χ2n) is 9.57. The summed E-state index contributed by atoms with van der Waals surface area (Å²) in [4.78, 5) is 18.6. The first-order valence-corrected chi connectivity index (χ1v) is 11.2. The lowest BCUT2D eigenvalue weighted by Crippen LogP contribution is -2.40. The molecule has 2 N–H and O–H groups in total. The highest BCUT2D eigenvalue weighted by Crippen LogP contribution is 2.38. The van der Waals surface area contributed by atoms with E-state index in [1.807, 2.05) is 25.3 Å². The Kier molecular flexibility index (Phi) is 8.15. The van der Waals surface area contributed by atoms with Crippen LogP contribution in [0.2, 0.25) is 0 Å². The normalized spacial score (nSPS) is 13.5. The van der Waals surface area contributed by atoms with Gasteiger partial charge >= 0.3 is 0 Å². The Labute approximate surface area is 198 Å². The van der Waals surface area contributed by atoms with E-state index in [0.717, 1.165) is 6.41 Å². The van der Waals surface area contributed by atoms with Gasteiger partial charge in [-0.15, -0.1) is 0 Å². The third-order valence-corrected chi connectivity index (χ3v) is 5.66. The topological polar surface area (TPSA) is 64.2 Å². The molecule has 3 rings (SSSR count). The number of alkyl halides is 1. The molecule has 0 aliphatic rings. The third-order valence-electron chi connectivity index (χ3n) is 5.66. The summed E-state index contributed by atoms with van der Waals surface area (Å²) in [5.41, 5.74) is 7.14. The second kappa shape index (κ2) is 10.9. The van der Waals surface area contributed by atoms with Crippen molar-refractivity contribution in [3.05, 3.63) is 77.8 Å². The Morgan fingerprint density at radius 1 is 1.12 bits per heavy atom. The molecule has 1 heterocycles. The van der Waals surface area contributed by atoms with Gasteiger partial charge in [0.1, 0.15) is 24.1 Å². The summed E-state index contributed by atoms with van der Waals surface area (Å²) in [5.74, 6) is -0.176. The van der Waals surface area contributed by atoms with Crippen LogP contribution in [-0.2, 0) is 11.3 Å². The van der Waals surface area contributed by atoms with E-state index in [4.69, 9.17) is 10.7 Å². The minimum Gasteiger partial charge on any atom is -0.334 e. The van der Waals surface area contributed by atoms with Crippen LogP contribution in [0.25, 0.3) is 11.3 Å². The van der Waals surface area contributed by atoms with E-state index in [0.29, 0.717) is 35.6 Å². The van der Waals surface area contributed by atoms with Crippen LogP contribution >= 0.6 is 0 Å². The van der Waals surface area contributed by atoms with Crippen molar-refractivity contribution in [2.45, 2.75) is 45.8 Å². The predicted octanol–water partition coefficient (Wildman–Crippen LogP) is 5.11. The highest BCUT2D eigenvalue weighted by molar-refractivity contribution is 5.59. The molecule has 3 aromatic rings. The molecule has 0 radical (unpaired) electrons. The molecule has 2 aromatic carbocycles. The average Bonchev–Trinajstić information content (AvgIpc) is 3.18. The number of halogens is 3. The molecule has 8 heteroatoms. The van der Waals surface area contributed by atoms with Crippen molar-refractivity contribution in [3.63, 3.8) is 0 Å². The maximum Gasteiger partial charge on any atom is 0.210 e. The van der Waals surface area contributed by atoms with Gasteiger partial charge < -0.3 is 15.2 Å². The molecule has 0 aliphatic carbocycles. The minimum atomic E-state index is -0.676. The number of nitrogens with zero attached hydrogens (tertiary/aromatic N) is 3. The van der Waals surface area contributed by atoms with Gasteiger partial charge in [0.05, 0.1) is 11.7 Å². The lowest BCUT2D eigenvalue weighted by Gasteiger charge is -2.38. The van der Waals surface area contributed by atoms with Crippen LogP contribution in [0.3, 0.4) is 0 Å². The van der Waals surface area contributed by atoms with E-state index < -0.39 is 24.2 Å². The smallest absolute Gasteiger partial charge is 0.210 e. The standard InChI is InChI=1S/C26H31F3N4O/c1-26(2,3)24(32(17-34)11-10-22(30)14-27)25-31-23(19-7-5-9-21(29)13-19)16-33(25)15-18-6-4-8-20(28)12-18/h4-9,12-13,16-17,22,24H,10-11,14-15,30H2,1-3H3/t22?,24-/m0/s1. The molecule has 1 amide bonds. The number of nitrogens with two attached hydrogens (primary N) is 1. The number of amides is 1. The summed E-state index contributed by atoms with van der Waals surface area (Å²) in [7, 11) is 0. The molecule has 5 nitrogen and oxygen atoms in total. The molecule has 1 aromatic heterocycles. The first-order valence-electron chi connectivity index (χ1n) is 11.2. The molecule has 1 unspecified atom stereocenters. The summed E-state index contributed by atoms with van der Waals surface area (Å²) in [5, 5.41) is 0. The first-order chi connectivity index (χ1) is 16.1. The molecule has 34 heavy (non-hydrogen) atoms. The summed E-state index contributed by atoms with van der Waals surface area (Å²) >= 11 is 0. The molecular formula is C26H31F3N4O. The van der Waals surface area contributed by atoms with E-state index in [1.165, 1.54) is 24.3 Å². The highest BCUT2D eigenvalue weighted by Gasteiger charge is 2.35. The summed E-state index contributed by atoms with van der Waals surface area (Å²) < 4.78 is 42.6. The van der Waals surface area contributed by atoms with E-state index in [2.05, 4.69) is 0 Å². The SMILES string of the molecule is CC(C)(C)[C@H](c1nc(-c2cccc(F)c2)cn1Cc1cccc(F)c1)N(C=O)CCC(N)CF. The fraction of sp³-hybridized carbons (Fsp3) is 0.385. The maximum atomic E-state index is 13.9. The zero-order valence-corrected chi connectivity index (χ0v) is 19.7. The van der Waals surface area contributed by atoms with Crippen molar-refractivity contribution in [1.29, 1.82) is 0 Å². The van der Waals surface area contributed by atoms with Crippen LogP contribution in [0.5, 0.6) is 0 Å². The van der Waals surface area contributed by atoms with Crippen molar-refractivity contribution in [2.24, 2.45) is 11.1 Å². The van der Waals surface area contributed by atoms with Crippen LogP contribution in [0.1, 0.15) is 44.6 Å². The van der Waals surface area contributed by atoms with Gasteiger partial charge in [-0.2, -0.15) is 0 Å². The Hall–Kier alpha value is -3.13. The number of hydrogen-bond donors (Lipinski definition) is 1. The van der Waals surface area contributed by atoms with Crippen LogP contribution in [0.15, 0.2) is 54.7 Å².